The third-order valence-corrected chi connectivity index (χ3v) is 3.29. The summed E-state index contributed by atoms with van der Waals surface area (Å²) in [6, 6.07) is 10.4. The third kappa shape index (κ3) is 1.63. The summed E-state index contributed by atoms with van der Waals surface area (Å²) in [4.78, 5) is 0. The Bertz CT molecular complexity index is 404. The Balaban J connectivity index is 2.59. The van der Waals surface area contributed by atoms with E-state index >= 15 is 0 Å². The number of aromatic nitrogens is 1. The van der Waals surface area contributed by atoms with E-state index in [1.807, 2.05) is 12.1 Å². The first kappa shape index (κ1) is 8.81. The van der Waals surface area contributed by atoms with Gasteiger partial charge in [0.05, 0.1) is 0 Å². The number of nitrogens with zero attached hydrogens (tertiary/aromatic N) is 1. The molecule has 0 bridgehead atoms. The number of hydrogen-bond donors (Lipinski definition) is 0. The number of halogens is 1. The zero-order valence-electron chi connectivity index (χ0n) is 7.37. The molecule has 0 saturated heterocycles. The number of hydrogen-bond acceptors (Lipinski definition) is 0. The van der Waals surface area contributed by atoms with E-state index in [0.29, 0.717) is 0 Å². The van der Waals surface area contributed by atoms with Crippen molar-refractivity contribution >= 4 is 22.6 Å². The minimum atomic E-state index is 1.26. The molecule has 1 nitrogen and oxygen atoms in total. The normalized spacial score (nSPS) is 10.3. The Morgan fingerprint density at radius 1 is 1.08 bits per heavy atom. The Labute approximate surface area is 91.5 Å². The molecule has 1 aromatic carbocycles. The summed E-state index contributed by atoms with van der Waals surface area (Å²) in [5.74, 6) is 0. The highest BCUT2D eigenvalue weighted by molar-refractivity contribution is 14.1. The van der Waals surface area contributed by atoms with Crippen LogP contribution in [0.25, 0.3) is 5.69 Å². The van der Waals surface area contributed by atoms with Gasteiger partial charge in [0.1, 0.15) is 0 Å². The molecule has 1 aromatic heterocycles. The fraction of sp³-hybridized carbons (Fsp3) is 0.0909. The molecule has 13 heavy (non-hydrogen) atoms. The Hall–Kier alpha value is -0.770. The molecule has 0 aliphatic carbocycles. The van der Waals surface area contributed by atoms with Crippen LogP contribution in [0.15, 0.2) is 42.7 Å². The largest absolute Gasteiger partial charge is 0.324 e. The summed E-state index contributed by atoms with van der Waals surface area (Å²) >= 11 is 2.36. The van der Waals surface area contributed by atoms with Crippen molar-refractivity contribution in [2.45, 2.75) is 6.92 Å². The van der Waals surface area contributed by atoms with Gasteiger partial charge in [-0.15, -0.1) is 0 Å². The van der Waals surface area contributed by atoms with Crippen molar-refractivity contribution < 1.29 is 0 Å². The van der Waals surface area contributed by atoms with Gasteiger partial charge < -0.3 is 4.57 Å². The molecule has 0 saturated carbocycles. The van der Waals surface area contributed by atoms with Crippen molar-refractivity contribution in [3.63, 3.8) is 0 Å². The second-order valence-corrected chi connectivity index (χ2v) is 4.14. The molecule has 0 N–H and O–H groups in total. The first-order valence-corrected chi connectivity index (χ1v) is 5.25. The Morgan fingerprint density at radius 3 is 2.46 bits per heavy atom. The molecule has 66 valence electrons. The van der Waals surface area contributed by atoms with Crippen LogP contribution in [0.5, 0.6) is 0 Å². The summed E-state index contributed by atoms with van der Waals surface area (Å²) < 4.78 is 3.45. The van der Waals surface area contributed by atoms with Crippen molar-refractivity contribution in [3.8, 4) is 5.69 Å². The molecule has 2 aromatic rings. The molecule has 2 rings (SSSR count). The Morgan fingerprint density at radius 2 is 1.77 bits per heavy atom. The number of benzene rings is 1. The summed E-state index contributed by atoms with van der Waals surface area (Å²) in [5.41, 5.74) is 2.59. The summed E-state index contributed by atoms with van der Waals surface area (Å²) in [7, 11) is 0. The van der Waals surface area contributed by atoms with Crippen LogP contribution in [0.1, 0.15) is 5.56 Å². The van der Waals surface area contributed by atoms with Gasteiger partial charge in [-0.2, -0.15) is 0 Å². The predicted molar refractivity (Wildman–Crippen MR) is 63.2 cm³/mol. The van der Waals surface area contributed by atoms with Gasteiger partial charge >= 0.3 is 0 Å². The molecular weight excluding hydrogens is 273 g/mol. The quantitative estimate of drug-likeness (QED) is 0.707. The molecule has 0 aliphatic rings. The van der Waals surface area contributed by atoms with Crippen LogP contribution in [0.2, 0.25) is 0 Å². The molecule has 0 atom stereocenters. The smallest absolute Gasteiger partial charge is 0.0489 e. The second-order valence-electron chi connectivity index (χ2n) is 2.97. The van der Waals surface area contributed by atoms with E-state index in [2.05, 4.69) is 64.7 Å². The van der Waals surface area contributed by atoms with Crippen LogP contribution < -0.4 is 0 Å². The molecule has 1 heterocycles. The topological polar surface area (TPSA) is 4.93 Å². The third-order valence-electron chi connectivity index (χ3n) is 2.12. The van der Waals surface area contributed by atoms with Crippen LogP contribution in [0, 0.1) is 10.5 Å². The number of rotatable bonds is 1. The van der Waals surface area contributed by atoms with Gasteiger partial charge in [0.15, 0.2) is 0 Å². The maximum absolute atomic E-state index is 2.36. The molecule has 0 aliphatic heterocycles. The second kappa shape index (κ2) is 3.54. The lowest BCUT2D eigenvalue weighted by Crippen LogP contribution is -1.94. The lowest BCUT2D eigenvalue weighted by molar-refractivity contribution is 1.06. The molecule has 0 amide bonds. The van der Waals surface area contributed by atoms with Crippen molar-refractivity contribution in [3.05, 3.63) is 51.9 Å². The summed E-state index contributed by atoms with van der Waals surface area (Å²) in [5, 5.41) is 0. The minimum Gasteiger partial charge on any atom is -0.324 e. The highest BCUT2D eigenvalue weighted by atomic mass is 127. The minimum absolute atomic E-state index is 1.26. The van der Waals surface area contributed by atoms with Gasteiger partial charge in [0, 0.05) is 21.7 Å². The van der Waals surface area contributed by atoms with E-state index in [4.69, 9.17) is 0 Å². The fourth-order valence-electron chi connectivity index (χ4n) is 1.37. The first-order chi connectivity index (χ1) is 6.29. The molecule has 0 unspecified atom stereocenters. The zero-order chi connectivity index (χ0) is 9.26. The lowest BCUT2D eigenvalue weighted by atomic mass is 10.2. The fourth-order valence-corrected chi connectivity index (χ4v) is 1.85. The highest BCUT2D eigenvalue weighted by Crippen LogP contribution is 2.19. The van der Waals surface area contributed by atoms with Crippen LogP contribution in [-0.2, 0) is 0 Å². The molecule has 2 heteroatoms. The van der Waals surface area contributed by atoms with Crippen LogP contribution in [-0.4, -0.2) is 4.57 Å². The van der Waals surface area contributed by atoms with E-state index in [1.54, 1.807) is 0 Å². The SMILES string of the molecule is Cc1c(I)cccc1-n1cccc1. The van der Waals surface area contributed by atoms with E-state index < -0.39 is 0 Å². The Kier molecular flexibility index (Phi) is 2.40. The van der Waals surface area contributed by atoms with Gasteiger partial charge in [-0.1, -0.05) is 6.07 Å². The van der Waals surface area contributed by atoms with Crippen LogP contribution in [0.3, 0.4) is 0 Å². The monoisotopic (exact) mass is 283 g/mol. The van der Waals surface area contributed by atoms with E-state index in [9.17, 15) is 0 Å². The first-order valence-electron chi connectivity index (χ1n) is 4.17. The lowest BCUT2D eigenvalue weighted by Gasteiger charge is -2.08. The molecule has 0 radical (unpaired) electrons. The zero-order valence-corrected chi connectivity index (χ0v) is 9.52. The van der Waals surface area contributed by atoms with Crippen molar-refractivity contribution in [1.29, 1.82) is 0 Å². The van der Waals surface area contributed by atoms with Crippen LogP contribution >= 0.6 is 22.6 Å². The maximum Gasteiger partial charge on any atom is 0.0489 e. The molecule has 0 fully saturated rings. The molecular formula is C11H10IN. The van der Waals surface area contributed by atoms with Crippen molar-refractivity contribution in [1.82, 2.24) is 4.57 Å². The van der Waals surface area contributed by atoms with Gasteiger partial charge in [-0.05, 0) is 59.3 Å². The summed E-state index contributed by atoms with van der Waals surface area (Å²) in [6.45, 7) is 2.15. The van der Waals surface area contributed by atoms with Gasteiger partial charge in [-0.3, -0.25) is 0 Å². The average Bonchev–Trinajstić information content (AvgIpc) is 2.62. The van der Waals surface area contributed by atoms with E-state index in [-0.39, 0.29) is 0 Å². The van der Waals surface area contributed by atoms with Crippen LogP contribution in [0.4, 0.5) is 0 Å². The van der Waals surface area contributed by atoms with Crippen molar-refractivity contribution in [2.24, 2.45) is 0 Å². The standard InChI is InChI=1S/C11H10IN/c1-9-10(12)5-4-6-11(9)13-7-2-3-8-13/h2-8H,1H3. The molecule has 0 spiro atoms. The van der Waals surface area contributed by atoms with Gasteiger partial charge in [-0.25, -0.2) is 0 Å². The van der Waals surface area contributed by atoms with Gasteiger partial charge in [0.25, 0.3) is 0 Å². The van der Waals surface area contributed by atoms with Crippen molar-refractivity contribution in [2.75, 3.05) is 0 Å². The van der Waals surface area contributed by atoms with E-state index in [0.717, 1.165) is 0 Å². The van der Waals surface area contributed by atoms with E-state index in [1.165, 1.54) is 14.8 Å². The highest BCUT2D eigenvalue weighted by Gasteiger charge is 2.01. The predicted octanol–water partition coefficient (Wildman–Crippen LogP) is 3.39. The average molecular weight is 283 g/mol. The maximum atomic E-state index is 2.36. The summed E-state index contributed by atoms with van der Waals surface area (Å²) in [6.07, 6.45) is 4.14. The van der Waals surface area contributed by atoms with Gasteiger partial charge in [0.2, 0.25) is 0 Å².